The van der Waals surface area contributed by atoms with Crippen molar-refractivity contribution in [3.63, 3.8) is 0 Å². The molecular weight excluding hydrogens is 338 g/mol. The molecule has 1 saturated heterocycles. The van der Waals surface area contributed by atoms with Crippen molar-refractivity contribution in [1.82, 2.24) is 13.9 Å². The lowest BCUT2D eigenvalue weighted by molar-refractivity contribution is -0.121. The summed E-state index contributed by atoms with van der Waals surface area (Å²) in [6, 6.07) is 7.12. The molecule has 0 unspecified atom stereocenters. The summed E-state index contributed by atoms with van der Waals surface area (Å²) in [6.07, 6.45) is 0.689. The molecule has 0 atom stereocenters. The average molecular weight is 360 g/mol. The molecule has 8 heteroatoms. The van der Waals surface area contributed by atoms with Gasteiger partial charge in [-0.05, 0) is 38.0 Å². The fourth-order valence-electron chi connectivity index (χ4n) is 2.51. The van der Waals surface area contributed by atoms with E-state index in [0.29, 0.717) is 24.5 Å². The molecule has 1 aromatic rings. The minimum absolute atomic E-state index is 0.0161. The molecule has 0 aliphatic carbocycles. The second kappa shape index (κ2) is 7.61. The summed E-state index contributed by atoms with van der Waals surface area (Å²) in [6.45, 7) is 4.59. The third-order valence-electron chi connectivity index (χ3n) is 3.49. The zero-order valence-corrected chi connectivity index (χ0v) is 14.9. The molecule has 1 aliphatic heterocycles. The highest BCUT2D eigenvalue weighted by Gasteiger charge is 2.34. The molecule has 1 fully saturated rings. The molecule has 0 aromatic heterocycles. The minimum atomic E-state index is -3.64. The van der Waals surface area contributed by atoms with Crippen LogP contribution in [0.15, 0.2) is 24.3 Å². The minimum Gasteiger partial charge on any atom is -0.353 e. The molecule has 1 aliphatic rings. The summed E-state index contributed by atoms with van der Waals surface area (Å²) < 4.78 is 28.0. The highest BCUT2D eigenvalue weighted by molar-refractivity contribution is 7.86. The normalized spacial score (nSPS) is 19.0. The number of amides is 1. The third kappa shape index (κ3) is 4.91. The Kier molecular flexibility index (Phi) is 6.02. The van der Waals surface area contributed by atoms with E-state index in [9.17, 15) is 13.2 Å². The van der Waals surface area contributed by atoms with Crippen LogP contribution in [0.25, 0.3) is 0 Å². The Morgan fingerprint density at radius 1 is 1.30 bits per heavy atom. The predicted molar refractivity (Wildman–Crippen MR) is 90.3 cm³/mol. The van der Waals surface area contributed by atoms with Crippen molar-refractivity contribution in [3.8, 4) is 0 Å². The first-order valence-electron chi connectivity index (χ1n) is 7.58. The molecule has 1 aromatic carbocycles. The van der Waals surface area contributed by atoms with Gasteiger partial charge in [0.2, 0.25) is 5.91 Å². The molecule has 2 rings (SSSR count). The van der Waals surface area contributed by atoms with Gasteiger partial charge >= 0.3 is 0 Å². The van der Waals surface area contributed by atoms with Crippen LogP contribution in [0.2, 0.25) is 5.02 Å². The van der Waals surface area contributed by atoms with E-state index >= 15 is 0 Å². The SMILES string of the molecule is CC(C)NC(=O)CN1CCCN(Cc2cccc(Cl)c2)S1(=O)=O. The molecule has 1 amide bonds. The van der Waals surface area contributed by atoms with E-state index < -0.39 is 10.2 Å². The van der Waals surface area contributed by atoms with Gasteiger partial charge in [0.1, 0.15) is 0 Å². The number of nitrogens with one attached hydrogen (secondary N) is 1. The van der Waals surface area contributed by atoms with E-state index in [0.717, 1.165) is 5.56 Å². The van der Waals surface area contributed by atoms with Gasteiger partial charge in [0.25, 0.3) is 10.2 Å². The highest BCUT2D eigenvalue weighted by atomic mass is 35.5. The second-order valence-electron chi connectivity index (χ2n) is 5.88. The largest absolute Gasteiger partial charge is 0.353 e. The van der Waals surface area contributed by atoms with E-state index in [1.165, 1.54) is 8.61 Å². The first kappa shape index (κ1) is 18.2. The fourth-order valence-corrected chi connectivity index (χ4v) is 4.36. The van der Waals surface area contributed by atoms with E-state index in [-0.39, 0.29) is 25.0 Å². The van der Waals surface area contributed by atoms with Gasteiger partial charge in [-0.2, -0.15) is 17.0 Å². The monoisotopic (exact) mass is 359 g/mol. The Labute approximate surface area is 142 Å². The maximum atomic E-state index is 12.7. The number of carbonyl (C=O) groups excluding carboxylic acids is 1. The van der Waals surface area contributed by atoms with Crippen molar-refractivity contribution in [3.05, 3.63) is 34.9 Å². The number of carbonyl (C=O) groups is 1. The molecule has 23 heavy (non-hydrogen) atoms. The van der Waals surface area contributed by atoms with Crippen LogP contribution in [0, 0.1) is 0 Å². The van der Waals surface area contributed by atoms with Crippen molar-refractivity contribution in [2.75, 3.05) is 19.6 Å². The van der Waals surface area contributed by atoms with Crippen molar-refractivity contribution < 1.29 is 13.2 Å². The summed E-state index contributed by atoms with van der Waals surface area (Å²) in [5, 5.41) is 3.29. The molecule has 0 spiro atoms. The van der Waals surface area contributed by atoms with Crippen molar-refractivity contribution in [2.45, 2.75) is 32.9 Å². The van der Waals surface area contributed by atoms with Gasteiger partial charge in [0.15, 0.2) is 0 Å². The molecule has 128 valence electrons. The number of rotatable bonds is 5. The quantitative estimate of drug-likeness (QED) is 0.868. The van der Waals surface area contributed by atoms with Crippen LogP contribution in [-0.2, 0) is 21.5 Å². The Balaban J connectivity index is 2.08. The maximum absolute atomic E-state index is 12.7. The van der Waals surface area contributed by atoms with E-state index in [2.05, 4.69) is 5.32 Å². The lowest BCUT2D eigenvalue weighted by Crippen LogP contribution is -2.52. The highest BCUT2D eigenvalue weighted by Crippen LogP contribution is 2.20. The van der Waals surface area contributed by atoms with E-state index in [4.69, 9.17) is 11.6 Å². The van der Waals surface area contributed by atoms with Gasteiger partial charge in [-0.3, -0.25) is 4.79 Å². The van der Waals surface area contributed by atoms with Crippen LogP contribution >= 0.6 is 11.6 Å². The standard InChI is InChI=1S/C15H22ClN3O3S/c1-12(2)17-15(20)11-19-8-4-7-18(23(19,21)22)10-13-5-3-6-14(16)9-13/h3,5-6,9,12H,4,7-8,10-11H2,1-2H3,(H,17,20). The van der Waals surface area contributed by atoms with Crippen LogP contribution in [0.5, 0.6) is 0 Å². The number of benzene rings is 1. The molecular formula is C15H22ClN3O3S. The molecule has 0 radical (unpaired) electrons. The number of nitrogens with zero attached hydrogens (tertiary/aromatic N) is 2. The number of halogens is 1. The smallest absolute Gasteiger partial charge is 0.282 e. The lowest BCUT2D eigenvalue weighted by Gasteiger charge is -2.34. The number of hydrogen-bond donors (Lipinski definition) is 1. The molecule has 1 heterocycles. The number of hydrogen-bond acceptors (Lipinski definition) is 3. The second-order valence-corrected chi connectivity index (χ2v) is 8.25. The zero-order valence-electron chi connectivity index (χ0n) is 13.3. The summed E-state index contributed by atoms with van der Waals surface area (Å²) in [5.74, 6) is -0.284. The van der Waals surface area contributed by atoms with Gasteiger partial charge in [-0.15, -0.1) is 0 Å². The van der Waals surface area contributed by atoms with Crippen LogP contribution in [0.4, 0.5) is 0 Å². The average Bonchev–Trinajstić information content (AvgIpc) is 2.43. The summed E-state index contributed by atoms with van der Waals surface area (Å²) in [4.78, 5) is 11.9. The third-order valence-corrected chi connectivity index (χ3v) is 5.65. The molecule has 0 bridgehead atoms. The first-order valence-corrected chi connectivity index (χ1v) is 9.35. The zero-order chi connectivity index (χ0) is 17.0. The van der Waals surface area contributed by atoms with Gasteiger partial charge in [0, 0.05) is 30.7 Å². The summed E-state index contributed by atoms with van der Waals surface area (Å²) in [7, 11) is -3.64. The van der Waals surface area contributed by atoms with Crippen LogP contribution in [-0.4, -0.2) is 48.6 Å². The maximum Gasteiger partial charge on any atom is 0.282 e. The van der Waals surface area contributed by atoms with Gasteiger partial charge in [-0.25, -0.2) is 0 Å². The predicted octanol–water partition coefficient (Wildman–Crippen LogP) is 1.62. The van der Waals surface area contributed by atoms with Crippen molar-refractivity contribution in [1.29, 1.82) is 0 Å². The van der Waals surface area contributed by atoms with Crippen LogP contribution in [0.1, 0.15) is 25.8 Å². The lowest BCUT2D eigenvalue weighted by atomic mass is 10.2. The van der Waals surface area contributed by atoms with Crippen molar-refractivity contribution in [2.24, 2.45) is 0 Å². The van der Waals surface area contributed by atoms with Crippen LogP contribution < -0.4 is 5.32 Å². The Morgan fingerprint density at radius 2 is 2.00 bits per heavy atom. The fraction of sp³-hybridized carbons (Fsp3) is 0.533. The summed E-state index contributed by atoms with van der Waals surface area (Å²) in [5.41, 5.74) is 0.828. The molecule has 0 saturated carbocycles. The molecule has 6 nitrogen and oxygen atoms in total. The van der Waals surface area contributed by atoms with Gasteiger partial charge < -0.3 is 5.32 Å². The summed E-state index contributed by atoms with van der Waals surface area (Å²) >= 11 is 5.95. The first-order chi connectivity index (χ1) is 10.8. The van der Waals surface area contributed by atoms with Gasteiger partial charge in [-0.1, -0.05) is 23.7 Å². The van der Waals surface area contributed by atoms with E-state index in [1.54, 1.807) is 18.2 Å². The Hall–Kier alpha value is -1.15. The van der Waals surface area contributed by atoms with Crippen molar-refractivity contribution >= 4 is 27.7 Å². The molecule has 1 N–H and O–H groups in total. The topological polar surface area (TPSA) is 69.7 Å². The van der Waals surface area contributed by atoms with E-state index in [1.807, 2.05) is 19.9 Å². The van der Waals surface area contributed by atoms with Crippen LogP contribution in [0.3, 0.4) is 0 Å². The Bertz CT molecular complexity index is 664. The van der Waals surface area contributed by atoms with Gasteiger partial charge in [0.05, 0.1) is 6.54 Å². The Morgan fingerprint density at radius 3 is 2.65 bits per heavy atom.